The number of amides is 1. The molecule has 2 aromatic carbocycles. The van der Waals surface area contributed by atoms with Gasteiger partial charge in [-0.15, -0.1) is 0 Å². The fourth-order valence-corrected chi connectivity index (χ4v) is 4.83. The van der Waals surface area contributed by atoms with Gasteiger partial charge in [0.1, 0.15) is 11.6 Å². The van der Waals surface area contributed by atoms with E-state index in [2.05, 4.69) is 4.90 Å². The first-order valence-corrected chi connectivity index (χ1v) is 10.1. The molecule has 2 fully saturated rings. The van der Waals surface area contributed by atoms with Gasteiger partial charge in [0.15, 0.2) is 0 Å². The summed E-state index contributed by atoms with van der Waals surface area (Å²) in [4.78, 5) is 17.3. The van der Waals surface area contributed by atoms with E-state index in [4.69, 9.17) is 0 Å². The lowest BCUT2D eigenvalue weighted by Crippen LogP contribution is -2.44. The van der Waals surface area contributed by atoms with E-state index >= 15 is 0 Å². The predicted octanol–water partition coefficient (Wildman–Crippen LogP) is 4.19. The van der Waals surface area contributed by atoms with Crippen molar-refractivity contribution < 1.29 is 14.3 Å². The molecule has 1 spiro atoms. The van der Waals surface area contributed by atoms with E-state index in [9.17, 15) is 14.3 Å². The molecule has 4 nitrogen and oxygen atoms in total. The first-order valence-electron chi connectivity index (χ1n) is 10.1. The van der Waals surface area contributed by atoms with E-state index in [0.717, 1.165) is 63.8 Å². The van der Waals surface area contributed by atoms with Gasteiger partial charge in [0.05, 0.1) is 0 Å². The zero-order valence-corrected chi connectivity index (χ0v) is 16.1. The van der Waals surface area contributed by atoms with Crippen molar-refractivity contribution in [3.8, 4) is 5.75 Å². The number of benzene rings is 2. The molecule has 0 aliphatic carbocycles. The Morgan fingerprint density at radius 1 is 1.00 bits per heavy atom. The molecule has 2 heterocycles. The van der Waals surface area contributed by atoms with Crippen LogP contribution in [0.25, 0.3) is 0 Å². The van der Waals surface area contributed by atoms with E-state index < -0.39 is 0 Å². The minimum atomic E-state index is -0.183. The SMILES string of the molecule is O=C(c1ccc(O)cc1)N1CCC[C@@]2(CCCN2Cc2cccc(F)c2)CC1. The monoisotopic (exact) mass is 382 g/mol. The summed E-state index contributed by atoms with van der Waals surface area (Å²) in [5.41, 5.74) is 1.75. The highest BCUT2D eigenvalue weighted by molar-refractivity contribution is 5.94. The van der Waals surface area contributed by atoms with Gasteiger partial charge in [0.2, 0.25) is 0 Å². The maximum Gasteiger partial charge on any atom is 0.253 e. The number of rotatable bonds is 3. The molecule has 4 rings (SSSR count). The first kappa shape index (κ1) is 18.9. The van der Waals surface area contributed by atoms with Crippen LogP contribution in [0.1, 0.15) is 48.0 Å². The number of hydrogen-bond donors (Lipinski definition) is 1. The first-order chi connectivity index (χ1) is 13.6. The van der Waals surface area contributed by atoms with Gasteiger partial charge in [0.25, 0.3) is 5.91 Å². The fraction of sp³-hybridized carbons (Fsp3) is 0.435. The van der Waals surface area contributed by atoms with Crippen molar-refractivity contribution in [2.45, 2.75) is 44.2 Å². The van der Waals surface area contributed by atoms with Gasteiger partial charge in [0, 0.05) is 30.7 Å². The van der Waals surface area contributed by atoms with E-state index in [1.54, 1.807) is 36.4 Å². The Morgan fingerprint density at radius 3 is 2.50 bits per heavy atom. The average molecular weight is 382 g/mol. The third-order valence-corrected chi connectivity index (χ3v) is 6.32. The number of carbonyl (C=O) groups excluding carboxylic acids is 1. The van der Waals surface area contributed by atoms with Crippen molar-refractivity contribution in [1.82, 2.24) is 9.80 Å². The maximum atomic E-state index is 13.6. The molecular weight excluding hydrogens is 355 g/mol. The highest BCUT2D eigenvalue weighted by Gasteiger charge is 2.42. The van der Waals surface area contributed by atoms with Crippen LogP contribution < -0.4 is 0 Å². The highest BCUT2D eigenvalue weighted by atomic mass is 19.1. The molecule has 2 saturated heterocycles. The van der Waals surface area contributed by atoms with Gasteiger partial charge >= 0.3 is 0 Å². The molecular formula is C23H27FN2O2. The van der Waals surface area contributed by atoms with Crippen LogP contribution in [-0.4, -0.2) is 46.0 Å². The van der Waals surface area contributed by atoms with Crippen LogP contribution in [-0.2, 0) is 6.54 Å². The standard InChI is InChI=1S/C23H27FN2O2/c24-20-5-1-4-18(16-20)17-26-14-3-11-23(26)10-2-13-25(15-12-23)22(28)19-6-8-21(27)9-7-19/h1,4-9,16,27H,2-3,10-15,17H2/t23-/m1/s1. The molecule has 148 valence electrons. The third-order valence-electron chi connectivity index (χ3n) is 6.32. The van der Waals surface area contributed by atoms with Crippen molar-refractivity contribution in [2.24, 2.45) is 0 Å². The molecule has 1 atom stereocenters. The minimum Gasteiger partial charge on any atom is -0.508 e. The third kappa shape index (κ3) is 3.90. The van der Waals surface area contributed by atoms with Crippen molar-refractivity contribution >= 4 is 5.91 Å². The predicted molar refractivity (Wildman–Crippen MR) is 107 cm³/mol. The number of aromatic hydroxyl groups is 1. The van der Waals surface area contributed by atoms with Crippen LogP contribution in [0.5, 0.6) is 5.75 Å². The Bertz CT molecular complexity index is 839. The second-order valence-electron chi connectivity index (χ2n) is 8.07. The summed E-state index contributed by atoms with van der Waals surface area (Å²) in [5.74, 6) is 0.0225. The molecule has 1 amide bonds. The summed E-state index contributed by atoms with van der Waals surface area (Å²) in [6.45, 7) is 3.29. The topological polar surface area (TPSA) is 43.8 Å². The molecule has 5 heteroatoms. The van der Waals surface area contributed by atoms with Crippen LogP contribution in [0, 0.1) is 5.82 Å². The van der Waals surface area contributed by atoms with Crippen molar-refractivity contribution in [3.63, 3.8) is 0 Å². The second-order valence-corrected chi connectivity index (χ2v) is 8.07. The van der Waals surface area contributed by atoms with E-state index in [1.165, 1.54) is 6.07 Å². The molecule has 0 unspecified atom stereocenters. The summed E-state index contributed by atoms with van der Waals surface area (Å²) in [6.07, 6.45) is 5.29. The zero-order valence-electron chi connectivity index (χ0n) is 16.1. The number of phenols is 1. The van der Waals surface area contributed by atoms with Crippen LogP contribution in [0.2, 0.25) is 0 Å². The minimum absolute atomic E-state index is 0.0340. The van der Waals surface area contributed by atoms with Crippen LogP contribution in [0.15, 0.2) is 48.5 Å². The van der Waals surface area contributed by atoms with Crippen LogP contribution in [0.3, 0.4) is 0 Å². The van der Waals surface area contributed by atoms with Crippen molar-refractivity contribution in [2.75, 3.05) is 19.6 Å². The Labute approximate surface area is 165 Å². The largest absolute Gasteiger partial charge is 0.508 e. The second kappa shape index (κ2) is 7.92. The Morgan fingerprint density at radius 2 is 1.75 bits per heavy atom. The average Bonchev–Trinajstić information content (AvgIpc) is 2.93. The molecule has 2 aromatic rings. The number of phenolic OH excluding ortho intramolecular Hbond substituents is 1. The van der Waals surface area contributed by atoms with Crippen LogP contribution in [0.4, 0.5) is 4.39 Å². The molecule has 0 bridgehead atoms. The highest BCUT2D eigenvalue weighted by Crippen LogP contribution is 2.39. The summed E-state index contributed by atoms with van der Waals surface area (Å²) < 4.78 is 13.6. The Hall–Kier alpha value is -2.40. The van der Waals surface area contributed by atoms with Gasteiger partial charge in [-0.25, -0.2) is 4.39 Å². The van der Waals surface area contributed by atoms with Gasteiger partial charge in [-0.3, -0.25) is 9.69 Å². The van der Waals surface area contributed by atoms with Gasteiger partial charge in [-0.05, 0) is 80.6 Å². The summed E-state index contributed by atoms with van der Waals surface area (Å²) in [5, 5.41) is 9.45. The number of hydrogen-bond acceptors (Lipinski definition) is 3. The molecule has 0 saturated carbocycles. The quantitative estimate of drug-likeness (QED) is 0.866. The van der Waals surface area contributed by atoms with E-state index in [0.29, 0.717) is 5.56 Å². The molecule has 2 aliphatic heterocycles. The van der Waals surface area contributed by atoms with Gasteiger partial charge in [-0.2, -0.15) is 0 Å². The summed E-state index contributed by atoms with van der Waals surface area (Å²) in [6, 6.07) is 13.4. The Kier molecular flexibility index (Phi) is 5.36. The van der Waals surface area contributed by atoms with Crippen LogP contribution >= 0.6 is 0 Å². The number of nitrogens with zero attached hydrogens (tertiary/aromatic N) is 2. The summed E-state index contributed by atoms with van der Waals surface area (Å²) >= 11 is 0. The molecule has 1 N–H and O–H groups in total. The van der Waals surface area contributed by atoms with Crippen molar-refractivity contribution in [3.05, 3.63) is 65.5 Å². The normalized spacial score (nSPS) is 23.1. The molecule has 28 heavy (non-hydrogen) atoms. The molecule has 2 aliphatic rings. The lowest BCUT2D eigenvalue weighted by Gasteiger charge is -2.38. The smallest absolute Gasteiger partial charge is 0.253 e. The number of likely N-dealkylation sites (tertiary alicyclic amines) is 2. The number of halogens is 1. The molecule has 0 radical (unpaired) electrons. The lowest BCUT2D eigenvalue weighted by molar-refractivity contribution is 0.0738. The summed E-state index contributed by atoms with van der Waals surface area (Å²) in [7, 11) is 0. The van der Waals surface area contributed by atoms with Gasteiger partial charge in [-0.1, -0.05) is 12.1 Å². The van der Waals surface area contributed by atoms with Gasteiger partial charge < -0.3 is 10.0 Å². The zero-order chi connectivity index (χ0) is 19.6. The lowest BCUT2D eigenvalue weighted by atomic mass is 9.87. The van der Waals surface area contributed by atoms with Crippen molar-refractivity contribution in [1.29, 1.82) is 0 Å². The molecule has 0 aromatic heterocycles. The van der Waals surface area contributed by atoms with E-state index in [1.807, 2.05) is 11.0 Å². The fourth-order valence-electron chi connectivity index (χ4n) is 4.83. The maximum absolute atomic E-state index is 13.6. The number of carbonyl (C=O) groups is 1. The Balaban J connectivity index is 1.46. The van der Waals surface area contributed by atoms with E-state index in [-0.39, 0.29) is 23.0 Å².